The quantitative estimate of drug-likeness (QED) is 0.684. The summed E-state index contributed by atoms with van der Waals surface area (Å²) < 4.78 is 0. The maximum absolute atomic E-state index is 12.5. The Morgan fingerprint density at radius 3 is 2.73 bits per heavy atom. The van der Waals surface area contributed by atoms with Gasteiger partial charge in [0.2, 0.25) is 0 Å². The van der Waals surface area contributed by atoms with Gasteiger partial charge in [0.15, 0.2) is 0 Å². The molecule has 0 radical (unpaired) electrons. The van der Waals surface area contributed by atoms with Crippen LogP contribution in [0.3, 0.4) is 0 Å². The van der Waals surface area contributed by atoms with E-state index < -0.39 is 4.92 Å². The molecular weight excluding hydrogens is 280 g/mol. The molecule has 0 aromatic heterocycles. The van der Waals surface area contributed by atoms with Gasteiger partial charge < -0.3 is 5.32 Å². The number of benzene rings is 1. The average Bonchev–Trinajstić information content (AvgIpc) is 3.09. The second kappa shape index (κ2) is 5.71. The molecule has 1 amide bonds. The summed E-state index contributed by atoms with van der Waals surface area (Å²) in [5.74, 6) is 1.73. The maximum Gasteiger partial charge on any atom is 0.285 e. The Bertz CT molecular complexity index is 614. The Kier molecular flexibility index (Phi) is 3.89. The van der Waals surface area contributed by atoms with Crippen molar-refractivity contribution in [3.8, 4) is 0 Å². The lowest BCUT2D eigenvalue weighted by Crippen LogP contribution is -2.40. The third-order valence-electron chi connectivity index (χ3n) is 5.46. The van der Waals surface area contributed by atoms with E-state index >= 15 is 0 Å². The van der Waals surface area contributed by atoms with E-state index in [2.05, 4.69) is 5.32 Å². The first-order chi connectivity index (χ1) is 10.5. The fourth-order valence-electron chi connectivity index (χ4n) is 4.38. The van der Waals surface area contributed by atoms with Gasteiger partial charge in [-0.25, -0.2) is 0 Å². The SMILES string of the molecule is Cc1cccc(C(=O)N[C@H](C)[C@H]2C[C@@H]3CC[C@@H]2C3)c1[N+](=O)[O-]. The normalized spacial score (nSPS) is 27.6. The summed E-state index contributed by atoms with van der Waals surface area (Å²) in [5.41, 5.74) is 0.602. The van der Waals surface area contributed by atoms with Crippen molar-refractivity contribution in [1.82, 2.24) is 5.32 Å². The van der Waals surface area contributed by atoms with E-state index in [1.165, 1.54) is 31.7 Å². The van der Waals surface area contributed by atoms with E-state index in [-0.39, 0.29) is 23.2 Å². The van der Waals surface area contributed by atoms with Crippen LogP contribution in [0.15, 0.2) is 18.2 Å². The molecule has 2 saturated carbocycles. The van der Waals surface area contributed by atoms with Crippen molar-refractivity contribution in [2.45, 2.75) is 45.6 Å². The molecule has 5 heteroatoms. The number of nitrogens with one attached hydrogen (secondary N) is 1. The van der Waals surface area contributed by atoms with E-state index in [4.69, 9.17) is 0 Å². The minimum atomic E-state index is -0.466. The Morgan fingerprint density at radius 2 is 2.14 bits per heavy atom. The molecular formula is C17H22N2O3. The highest BCUT2D eigenvalue weighted by atomic mass is 16.6. The molecule has 0 spiro atoms. The lowest BCUT2D eigenvalue weighted by atomic mass is 9.84. The van der Waals surface area contributed by atoms with Crippen LogP contribution in [0, 0.1) is 34.8 Å². The fraction of sp³-hybridized carbons (Fsp3) is 0.588. The monoisotopic (exact) mass is 302 g/mol. The average molecular weight is 302 g/mol. The van der Waals surface area contributed by atoms with Crippen molar-refractivity contribution in [3.05, 3.63) is 39.4 Å². The van der Waals surface area contributed by atoms with E-state index in [1.807, 2.05) is 6.92 Å². The number of nitro groups is 1. The van der Waals surface area contributed by atoms with Gasteiger partial charge in [-0.15, -0.1) is 0 Å². The molecule has 22 heavy (non-hydrogen) atoms. The third kappa shape index (κ3) is 2.60. The number of hydrogen-bond donors (Lipinski definition) is 1. The molecule has 4 atom stereocenters. The second-order valence-corrected chi connectivity index (χ2v) is 6.83. The van der Waals surface area contributed by atoms with Gasteiger partial charge in [-0.2, -0.15) is 0 Å². The standard InChI is InChI=1S/C17H22N2O3/c1-10-4-3-5-14(16(10)19(21)22)17(20)18-11(2)15-9-12-6-7-13(15)8-12/h3-5,11-13,15H,6-9H2,1-2H3,(H,18,20)/t11-,12-,13-,15-/m1/s1. The number of nitrogens with zero attached hydrogens (tertiary/aromatic N) is 1. The molecule has 1 N–H and O–H groups in total. The number of nitro benzene ring substituents is 1. The molecule has 2 bridgehead atoms. The van der Waals surface area contributed by atoms with Crippen molar-refractivity contribution in [1.29, 1.82) is 0 Å². The van der Waals surface area contributed by atoms with Crippen LogP contribution in [0.25, 0.3) is 0 Å². The minimum Gasteiger partial charge on any atom is -0.349 e. The van der Waals surface area contributed by atoms with Crippen molar-refractivity contribution < 1.29 is 9.72 Å². The highest BCUT2D eigenvalue weighted by Gasteiger charge is 2.42. The first kappa shape index (κ1) is 15.0. The molecule has 2 aliphatic carbocycles. The van der Waals surface area contributed by atoms with Crippen molar-refractivity contribution in [3.63, 3.8) is 0 Å². The highest BCUT2D eigenvalue weighted by molar-refractivity contribution is 5.98. The Morgan fingerprint density at radius 1 is 1.36 bits per heavy atom. The van der Waals surface area contributed by atoms with Gasteiger partial charge in [-0.1, -0.05) is 18.6 Å². The Hall–Kier alpha value is -1.91. The van der Waals surface area contributed by atoms with Crippen molar-refractivity contribution in [2.24, 2.45) is 17.8 Å². The second-order valence-electron chi connectivity index (χ2n) is 6.83. The molecule has 5 nitrogen and oxygen atoms in total. The van der Waals surface area contributed by atoms with Crippen molar-refractivity contribution in [2.75, 3.05) is 0 Å². The van der Waals surface area contributed by atoms with E-state index in [0.717, 1.165) is 5.92 Å². The Balaban J connectivity index is 1.75. The van der Waals surface area contributed by atoms with Crippen LogP contribution in [-0.4, -0.2) is 16.9 Å². The third-order valence-corrected chi connectivity index (χ3v) is 5.46. The number of hydrogen-bond acceptors (Lipinski definition) is 3. The lowest BCUT2D eigenvalue weighted by molar-refractivity contribution is -0.385. The van der Waals surface area contributed by atoms with Gasteiger partial charge in [0, 0.05) is 11.6 Å². The first-order valence-corrected chi connectivity index (χ1v) is 8.02. The van der Waals surface area contributed by atoms with Gasteiger partial charge in [0.05, 0.1) is 4.92 Å². The van der Waals surface area contributed by atoms with Gasteiger partial charge in [-0.3, -0.25) is 14.9 Å². The number of fused-ring (bicyclic) bond motifs is 2. The summed E-state index contributed by atoms with van der Waals surface area (Å²) in [7, 11) is 0. The largest absolute Gasteiger partial charge is 0.349 e. The summed E-state index contributed by atoms with van der Waals surface area (Å²) in [5, 5.41) is 14.2. The molecule has 1 aromatic carbocycles. The summed E-state index contributed by atoms with van der Waals surface area (Å²) in [6.07, 6.45) is 5.06. The first-order valence-electron chi connectivity index (χ1n) is 8.02. The number of aryl methyl sites for hydroxylation is 1. The van der Waals surface area contributed by atoms with E-state index in [9.17, 15) is 14.9 Å². The number of rotatable bonds is 4. The van der Waals surface area contributed by atoms with Crippen LogP contribution >= 0.6 is 0 Å². The molecule has 118 valence electrons. The van der Waals surface area contributed by atoms with Gasteiger partial charge in [-0.05, 0) is 56.9 Å². The number of amides is 1. The molecule has 3 rings (SSSR count). The summed E-state index contributed by atoms with van der Waals surface area (Å²) in [6, 6.07) is 4.96. The van der Waals surface area contributed by atoms with Crippen LogP contribution in [0.2, 0.25) is 0 Å². The van der Waals surface area contributed by atoms with Crippen LogP contribution in [0.5, 0.6) is 0 Å². The lowest BCUT2D eigenvalue weighted by Gasteiger charge is -2.28. The van der Waals surface area contributed by atoms with Crippen LogP contribution in [0.1, 0.15) is 48.5 Å². The number of para-hydroxylation sites is 1. The predicted octanol–water partition coefficient (Wildman–Crippen LogP) is 3.46. The predicted molar refractivity (Wildman–Crippen MR) is 83.7 cm³/mol. The zero-order valence-corrected chi connectivity index (χ0v) is 13.0. The van der Waals surface area contributed by atoms with E-state index in [1.54, 1.807) is 19.1 Å². The topological polar surface area (TPSA) is 72.2 Å². The van der Waals surface area contributed by atoms with Gasteiger partial charge in [0.1, 0.15) is 5.56 Å². The smallest absolute Gasteiger partial charge is 0.285 e. The van der Waals surface area contributed by atoms with Crippen LogP contribution in [0.4, 0.5) is 5.69 Å². The van der Waals surface area contributed by atoms with Crippen molar-refractivity contribution >= 4 is 11.6 Å². The molecule has 1 aromatic rings. The minimum absolute atomic E-state index is 0.0721. The van der Waals surface area contributed by atoms with E-state index in [0.29, 0.717) is 17.4 Å². The summed E-state index contributed by atoms with van der Waals surface area (Å²) in [4.78, 5) is 23.2. The maximum atomic E-state index is 12.5. The fourth-order valence-corrected chi connectivity index (χ4v) is 4.38. The molecule has 2 fully saturated rings. The molecule has 0 heterocycles. The van der Waals surface area contributed by atoms with Gasteiger partial charge >= 0.3 is 0 Å². The zero-order valence-electron chi connectivity index (χ0n) is 13.0. The van der Waals surface area contributed by atoms with Gasteiger partial charge in [0.25, 0.3) is 11.6 Å². The number of carbonyl (C=O) groups is 1. The summed E-state index contributed by atoms with van der Waals surface area (Å²) in [6.45, 7) is 3.69. The Labute approximate surface area is 130 Å². The zero-order chi connectivity index (χ0) is 15.9. The molecule has 0 unspecified atom stereocenters. The van der Waals surface area contributed by atoms with Crippen LogP contribution in [-0.2, 0) is 0 Å². The number of carbonyl (C=O) groups excluding carboxylic acids is 1. The summed E-state index contributed by atoms with van der Waals surface area (Å²) >= 11 is 0. The van der Waals surface area contributed by atoms with Crippen LogP contribution < -0.4 is 5.32 Å². The highest BCUT2D eigenvalue weighted by Crippen LogP contribution is 2.49. The molecule has 0 saturated heterocycles. The molecule has 0 aliphatic heterocycles. The molecule has 2 aliphatic rings.